The number of hydrogen-bond acceptors (Lipinski definition) is 1. The lowest BCUT2D eigenvalue weighted by molar-refractivity contribution is 0.268. The zero-order chi connectivity index (χ0) is 5.70. The second-order valence-electron chi connectivity index (χ2n) is 1.77. The Bertz CT molecular complexity index is 39.1. The van der Waals surface area contributed by atoms with Gasteiger partial charge in [-0.3, -0.25) is 0 Å². The van der Waals surface area contributed by atoms with E-state index in [1.807, 2.05) is 6.92 Å². The van der Waals surface area contributed by atoms with E-state index in [0.29, 0.717) is 11.8 Å². The third-order valence-corrected chi connectivity index (χ3v) is 1.41. The van der Waals surface area contributed by atoms with Gasteiger partial charge in [-0.25, -0.2) is 0 Å². The van der Waals surface area contributed by atoms with Gasteiger partial charge in [-0.2, -0.15) is 0 Å². The van der Waals surface area contributed by atoms with Crippen molar-refractivity contribution in [3.05, 3.63) is 0 Å². The summed E-state index contributed by atoms with van der Waals surface area (Å²) in [5, 5.41) is 8.31. The first-order chi connectivity index (χ1) is 3.31. The fraction of sp³-hybridized carbons (Fsp3) is 1.00. The van der Waals surface area contributed by atoms with E-state index in [9.17, 15) is 0 Å². The Kier molecular flexibility index (Phi) is 4.57. The first-order valence-electron chi connectivity index (χ1n) is 2.48. The quantitative estimate of drug-likeness (QED) is 0.559. The van der Waals surface area contributed by atoms with Crippen LogP contribution in [-0.4, -0.2) is 17.6 Å². The minimum Gasteiger partial charge on any atom is -0.396 e. The number of halogens is 1. The lowest BCUT2D eigenvalue weighted by Crippen LogP contribution is -1.97. The van der Waals surface area contributed by atoms with Crippen LogP contribution in [0, 0.1) is 5.92 Å². The van der Waals surface area contributed by atoms with Crippen molar-refractivity contribution in [2.24, 2.45) is 5.92 Å². The average Bonchev–Trinajstić information content (AvgIpc) is 1.68. The van der Waals surface area contributed by atoms with Crippen molar-refractivity contribution in [1.82, 2.24) is 0 Å². The van der Waals surface area contributed by atoms with Crippen LogP contribution in [-0.2, 0) is 0 Å². The van der Waals surface area contributed by atoms with Crippen molar-refractivity contribution in [2.75, 3.05) is 12.5 Å². The van der Waals surface area contributed by atoms with Crippen molar-refractivity contribution < 1.29 is 5.11 Å². The summed E-state index contributed by atoms with van der Waals surface area (Å²) in [6, 6.07) is 0. The third kappa shape index (κ3) is 4.10. The molecule has 1 N–H and O–H groups in total. The topological polar surface area (TPSA) is 20.2 Å². The summed E-state index contributed by atoms with van der Waals surface area (Å²) in [6.45, 7) is 2.27. The molecule has 0 bridgehead atoms. The van der Waals surface area contributed by atoms with E-state index in [1.165, 1.54) is 0 Å². The molecule has 0 aliphatic heterocycles. The molecule has 0 heterocycles. The first kappa shape index (κ1) is 7.25. The van der Waals surface area contributed by atoms with Gasteiger partial charge in [-0.1, -0.05) is 6.92 Å². The van der Waals surface area contributed by atoms with Crippen LogP contribution in [0.1, 0.15) is 13.3 Å². The molecule has 0 saturated carbocycles. The summed E-state index contributed by atoms with van der Waals surface area (Å²) < 4.78 is 0. The van der Waals surface area contributed by atoms with Crippen molar-refractivity contribution >= 4 is 11.6 Å². The number of hydrogen-bond donors (Lipinski definition) is 1. The highest BCUT2D eigenvalue weighted by atomic mass is 35.5. The van der Waals surface area contributed by atoms with Gasteiger partial charge in [0.15, 0.2) is 0 Å². The zero-order valence-corrected chi connectivity index (χ0v) is 5.28. The van der Waals surface area contributed by atoms with E-state index in [4.69, 9.17) is 16.7 Å². The molecule has 0 rings (SSSR count). The predicted molar refractivity (Wildman–Crippen MR) is 31.6 cm³/mol. The van der Waals surface area contributed by atoms with Crippen LogP contribution in [0.15, 0.2) is 0 Å². The van der Waals surface area contributed by atoms with Crippen molar-refractivity contribution in [1.29, 1.82) is 0 Å². The van der Waals surface area contributed by atoms with E-state index < -0.39 is 0 Å². The van der Waals surface area contributed by atoms with Gasteiger partial charge in [-0.05, 0) is 12.3 Å². The van der Waals surface area contributed by atoms with Crippen molar-refractivity contribution in [3.8, 4) is 0 Å². The molecule has 1 nitrogen and oxygen atoms in total. The minimum absolute atomic E-state index is 0.258. The van der Waals surface area contributed by atoms with Crippen LogP contribution in [0.25, 0.3) is 0 Å². The molecular formula is C5H11ClO. The highest BCUT2D eigenvalue weighted by Gasteiger charge is 1.95. The molecule has 0 aromatic carbocycles. The molecule has 0 aromatic heterocycles. The molecule has 0 amide bonds. The Hall–Kier alpha value is 0.250. The number of aliphatic hydroxyl groups excluding tert-OH is 1. The lowest BCUT2D eigenvalue weighted by atomic mass is 10.1. The average molecular weight is 123 g/mol. The lowest BCUT2D eigenvalue weighted by Gasteiger charge is -2.00. The number of aliphatic hydroxyl groups is 1. The van der Waals surface area contributed by atoms with Gasteiger partial charge < -0.3 is 5.11 Å². The normalized spacial score (nSPS) is 14.1. The molecule has 0 aromatic rings. The molecule has 0 fully saturated rings. The monoisotopic (exact) mass is 122 g/mol. The molecule has 1 atom stereocenters. The second-order valence-corrected chi connectivity index (χ2v) is 2.08. The third-order valence-electron chi connectivity index (χ3n) is 0.885. The summed E-state index contributed by atoms with van der Waals surface area (Å²) in [5.74, 6) is 1.12. The van der Waals surface area contributed by atoms with Crippen molar-refractivity contribution in [3.63, 3.8) is 0 Å². The summed E-state index contributed by atoms with van der Waals surface area (Å²) in [7, 11) is 0. The predicted octanol–water partition coefficient (Wildman–Crippen LogP) is 1.24. The molecule has 0 radical (unpaired) electrons. The van der Waals surface area contributed by atoms with Gasteiger partial charge in [0.05, 0.1) is 0 Å². The van der Waals surface area contributed by atoms with Crippen LogP contribution >= 0.6 is 11.6 Å². The Balaban J connectivity index is 2.83. The van der Waals surface area contributed by atoms with E-state index in [-0.39, 0.29) is 6.61 Å². The molecular weight excluding hydrogens is 112 g/mol. The van der Waals surface area contributed by atoms with Crippen LogP contribution < -0.4 is 0 Å². The maximum absolute atomic E-state index is 8.31. The van der Waals surface area contributed by atoms with E-state index in [0.717, 1.165) is 6.42 Å². The van der Waals surface area contributed by atoms with Crippen LogP contribution in [0.5, 0.6) is 0 Å². The maximum Gasteiger partial charge on any atom is 0.0433 e. The van der Waals surface area contributed by atoms with Crippen molar-refractivity contribution in [2.45, 2.75) is 13.3 Å². The number of rotatable bonds is 3. The Morgan fingerprint density at radius 2 is 2.29 bits per heavy atom. The van der Waals surface area contributed by atoms with Gasteiger partial charge >= 0.3 is 0 Å². The molecule has 2 heteroatoms. The fourth-order valence-corrected chi connectivity index (χ4v) is 0.452. The molecule has 0 aliphatic carbocycles. The minimum atomic E-state index is 0.258. The largest absolute Gasteiger partial charge is 0.396 e. The smallest absolute Gasteiger partial charge is 0.0433 e. The number of alkyl halides is 1. The molecule has 0 unspecified atom stereocenters. The van der Waals surface area contributed by atoms with Crippen LogP contribution in [0.2, 0.25) is 0 Å². The standard InChI is InChI=1S/C5H11ClO/c1-5(4-6)2-3-7/h5,7H,2-4H2,1H3/t5-/m1/s1. The van der Waals surface area contributed by atoms with Gasteiger partial charge in [0.25, 0.3) is 0 Å². The molecule has 44 valence electrons. The van der Waals surface area contributed by atoms with Crippen LogP contribution in [0.3, 0.4) is 0 Å². The SMILES string of the molecule is C[C@@H](CCl)CCO. The highest BCUT2D eigenvalue weighted by Crippen LogP contribution is 2.01. The summed E-state index contributed by atoms with van der Waals surface area (Å²) in [5.41, 5.74) is 0. The molecule has 7 heavy (non-hydrogen) atoms. The first-order valence-corrected chi connectivity index (χ1v) is 3.01. The molecule has 0 spiro atoms. The van der Waals surface area contributed by atoms with E-state index in [2.05, 4.69) is 0 Å². The van der Waals surface area contributed by atoms with Gasteiger partial charge in [0, 0.05) is 12.5 Å². The highest BCUT2D eigenvalue weighted by molar-refractivity contribution is 6.18. The van der Waals surface area contributed by atoms with Crippen LogP contribution in [0.4, 0.5) is 0 Å². The second kappa shape index (κ2) is 4.41. The molecule has 0 saturated heterocycles. The summed E-state index contributed by atoms with van der Waals surface area (Å²) in [4.78, 5) is 0. The van der Waals surface area contributed by atoms with Gasteiger partial charge in [-0.15, -0.1) is 11.6 Å². The maximum atomic E-state index is 8.31. The van der Waals surface area contributed by atoms with Gasteiger partial charge in [0.2, 0.25) is 0 Å². The van der Waals surface area contributed by atoms with E-state index in [1.54, 1.807) is 0 Å². The fourth-order valence-electron chi connectivity index (χ4n) is 0.298. The van der Waals surface area contributed by atoms with Gasteiger partial charge in [0.1, 0.15) is 0 Å². The summed E-state index contributed by atoms with van der Waals surface area (Å²) >= 11 is 5.42. The Morgan fingerprint density at radius 3 is 2.43 bits per heavy atom. The Morgan fingerprint density at radius 1 is 1.71 bits per heavy atom. The summed E-state index contributed by atoms with van der Waals surface area (Å²) in [6.07, 6.45) is 0.823. The zero-order valence-electron chi connectivity index (χ0n) is 4.52. The van der Waals surface area contributed by atoms with E-state index >= 15 is 0 Å². The molecule has 0 aliphatic rings. The Labute approximate surface area is 49.3 Å².